The van der Waals surface area contributed by atoms with E-state index < -0.39 is 106 Å². The van der Waals surface area contributed by atoms with Crippen LogP contribution in [-0.4, -0.2) is 126 Å². The molecule has 5 N–H and O–H groups in total. The van der Waals surface area contributed by atoms with Gasteiger partial charge in [-0.3, -0.25) is 53.7 Å². The number of fused-ring (bicyclic) bond motifs is 4. The summed E-state index contributed by atoms with van der Waals surface area (Å²) in [6, 6.07) is 29.1. The molecule has 0 unspecified atom stereocenters. The molecule has 10 aromatic rings. The van der Waals surface area contributed by atoms with Gasteiger partial charge >= 0.3 is 35.8 Å². The predicted octanol–water partition coefficient (Wildman–Crippen LogP) is 19.5. The number of nitrogens with two attached hydrogens (primary N) is 2. The predicted molar refractivity (Wildman–Crippen MR) is 486 cm³/mol. The van der Waals surface area contributed by atoms with Crippen LogP contribution >= 0.6 is 102 Å². The number of nitrogens with one attached hydrogen (secondary N) is 1. The number of cyclic esters (lactones) is 2. The van der Waals surface area contributed by atoms with Gasteiger partial charge in [-0.15, -0.1) is 45.3 Å². The molecule has 0 saturated heterocycles. The molecule has 8 heterocycles. The first kappa shape index (κ1) is 113. The summed E-state index contributed by atoms with van der Waals surface area (Å²) in [7, 11) is 2.42. The SMILES string of the molecule is C.C.C.C.CC(C)(C)c1ccc(S(=O)(=O)Cl)cc1.COC(=O)c1sccc1N.COC(=O)c1sccc1N1C(=O)c2c(Cl)ccc(NS(=O)(=O)c3ccc(C(C)(C)C)cc3)c2C1=O.COC(=O)c1sccc1N1C(=O)c2c(Cl)ccc([N+](=O)[O-])c2C1=O.COC(=O)c1sccc1N1C(=O)c2c(N)ccc(Cl)c2C1=O.O=C1OC(=O)c2c([N+](=O)[O-])ccc(Cl)c21.[CH2-]C.[V].[V]. The Hall–Kier alpha value is -10.7. The minimum atomic E-state index is -4.09. The molecule has 6 amide bonds. The van der Waals surface area contributed by atoms with Crippen LogP contribution in [-0.2, 0) is 90.7 Å². The van der Waals surface area contributed by atoms with E-state index in [1.54, 1.807) is 48.0 Å². The third kappa shape index (κ3) is 24.0. The summed E-state index contributed by atoms with van der Waals surface area (Å²) in [5.41, 5.74) is 11.4. The molecule has 33 nitrogen and oxygen atoms in total. The molecule has 0 fully saturated rings. The van der Waals surface area contributed by atoms with Crippen molar-refractivity contribution < 1.29 is 145 Å². The van der Waals surface area contributed by atoms with Gasteiger partial charge in [-0.05, 0) is 128 Å². The van der Waals surface area contributed by atoms with E-state index in [0.717, 1.165) is 74.2 Å². The van der Waals surface area contributed by atoms with E-state index in [9.17, 15) is 94.6 Å². The van der Waals surface area contributed by atoms with E-state index in [1.807, 2.05) is 20.8 Å². The fourth-order valence-corrected chi connectivity index (χ4v) is 17.3. The van der Waals surface area contributed by atoms with Gasteiger partial charge < -0.3 is 42.1 Å². The number of hydrogen-bond acceptors (Lipinski definition) is 31. The van der Waals surface area contributed by atoms with Gasteiger partial charge in [0.05, 0.1) is 124 Å². The van der Waals surface area contributed by atoms with Crippen LogP contribution in [0.1, 0.15) is 211 Å². The monoisotopic (exact) mass is 2050 g/mol. The van der Waals surface area contributed by atoms with Gasteiger partial charge in [0.1, 0.15) is 30.6 Å². The van der Waals surface area contributed by atoms with Crippen LogP contribution in [0.3, 0.4) is 0 Å². The number of hydrogen-bond donors (Lipinski definition) is 3. The standard InChI is InChI=1S/C24H21ClN2O6S2.C14H7ClN2O6S.C14H9ClN2O4S.C10H13ClO2S.C8H2ClNO5.C6H7NO2S.C2H5.4CH4.2V/c1-24(2,3)13-5-7-14(8-6-13)35(31,32)26-16-10-9-15(25)18-19(16)22(29)27(21(18)28)17-11-12-34-20(17)23(30)33-4;1-23-14(20)11-8(4-5-24-11)16-12(18)9-6(15)2-3-7(17(21)22)10(9)13(16)19;1-21-14(20)11-8(4-5-22-11)17-12(18)9-6(15)2-3-7(16)10(9)13(17)19;1-10(2,3)8-4-6-9(7-5-8)14(11,12)13;9-3-1-2-4(10(13)14)6-5(3)7(11)15-8(6)12;1-9-6(8)5-4(7)2-3-10-5;1-2;;;;;;/h5-12,26H,1-4H3;2-5H,1H3;2-5H,16H2,1H3;4-7H,1-3H3;1-2H;2-3H,7H2,1H3;1H2,2H3;4*1H4;;/q;;;;;;-1;;;;;;. The first-order chi connectivity index (χ1) is 57.2. The Morgan fingerprint density at radius 2 is 0.711 bits per heavy atom. The summed E-state index contributed by atoms with van der Waals surface area (Å²) in [5, 5.41) is 28.1. The molecule has 0 saturated carbocycles. The Kier molecular flexibility index (Phi) is 41.2. The number of carbonyl (C=O) groups excluding carboxylic acids is 12. The molecule has 4 aromatic heterocycles. The van der Waals surface area contributed by atoms with Crippen molar-refractivity contribution in [1.82, 2.24) is 0 Å². The van der Waals surface area contributed by atoms with Gasteiger partial charge in [0, 0.05) is 65.6 Å². The van der Waals surface area contributed by atoms with Crippen molar-refractivity contribution in [3.05, 3.63) is 265 Å². The number of methoxy groups -OCH3 is 4. The van der Waals surface area contributed by atoms with Crippen molar-refractivity contribution in [2.45, 2.75) is 98.8 Å². The van der Waals surface area contributed by atoms with Crippen molar-refractivity contribution in [2.24, 2.45) is 0 Å². The maximum Gasteiger partial charge on any atom is 0.354 e. The average Bonchev–Trinajstić information content (AvgIpc) is 1.65. The molecule has 46 heteroatoms. The molecule has 4 aliphatic rings. The first-order valence-electron chi connectivity index (χ1n) is 34.3. The van der Waals surface area contributed by atoms with E-state index in [-0.39, 0.29) is 201 Å². The van der Waals surface area contributed by atoms with Crippen LogP contribution < -0.4 is 30.9 Å². The first-order valence-corrected chi connectivity index (χ1v) is 43.1. The number of thiophene rings is 4. The van der Waals surface area contributed by atoms with Gasteiger partial charge in [0.15, 0.2) is 5.56 Å². The normalized spacial score (nSPS) is 12.3. The number of rotatable bonds is 13. The Balaban J connectivity index is 0.000000534. The zero-order valence-corrected chi connectivity index (χ0v) is 77.4. The Morgan fingerprint density at radius 1 is 0.414 bits per heavy atom. The van der Waals surface area contributed by atoms with Crippen molar-refractivity contribution >= 4 is 238 Å². The molecular weight excluding hydrogens is 1970 g/mol. The number of anilines is 6. The second-order valence-electron chi connectivity index (χ2n) is 26.6. The summed E-state index contributed by atoms with van der Waals surface area (Å²) in [5.74, 6) is -8.95. The molecule has 6 aromatic carbocycles. The topological polar surface area (TPSA) is 479 Å². The van der Waals surface area contributed by atoms with Crippen LogP contribution in [0.4, 0.5) is 45.5 Å². The van der Waals surface area contributed by atoms with Crippen molar-refractivity contribution in [3.8, 4) is 0 Å². The molecule has 128 heavy (non-hydrogen) atoms. The zero-order chi connectivity index (χ0) is 91.0. The number of nitro benzene ring substituents is 2. The number of amides is 6. The van der Waals surface area contributed by atoms with Gasteiger partial charge in [0.2, 0.25) is 0 Å². The molecule has 680 valence electrons. The average molecular weight is 2050 g/mol. The second-order valence-corrected chi connectivity index (χ2v) is 36.1. The number of imide groups is 3. The number of carbonyl (C=O) groups is 12. The number of esters is 6. The summed E-state index contributed by atoms with van der Waals surface area (Å²) < 4.78 is 73.3. The zero-order valence-electron chi connectivity index (χ0n) is 65.9. The van der Waals surface area contributed by atoms with Crippen LogP contribution in [0.5, 0.6) is 0 Å². The van der Waals surface area contributed by atoms with E-state index in [0.29, 0.717) is 15.5 Å². The smallest absolute Gasteiger partial charge is 0.354 e. The van der Waals surface area contributed by atoms with Gasteiger partial charge in [0.25, 0.3) is 65.9 Å². The number of nitro groups is 2. The van der Waals surface area contributed by atoms with Crippen LogP contribution in [0.2, 0.25) is 20.1 Å². The fraction of sp³-hybridized carbons (Fsp3) is 0.207. The molecule has 14 rings (SSSR count). The molecule has 0 bridgehead atoms. The van der Waals surface area contributed by atoms with Crippen LogP contribution in [0.25, 0.3) is 0 Å². The van der Waals surface area contributed by atoms with E-state index in [1.165, 1.54) is 122 Å². The minimum absolute atomic E-state index is 0. The molecule has 0 aliphatic carbocycles. The Bertz CT molecular complexity index is 6190. The van der Waals surface area contributed by atoms with Crippen LogP contribution in [0.15, 0.2) is 153 Å². The maximum atomic E-state index is 13.4. The number of ether oxygens (including phenoxy) is 5. The molecular formula is C82H80Cl5N8O25S6V2-. The summed E-state index contributed by atoms with van der Waals surface area (Å²) in [6.45, 7) is 17.2. The number of sulfonamides is 1. The number of nitrogens with zero attached hydrogens (tertiary/aromatic N) is 5. The van der Waals surface area contributed by atoms with E-state index in [2.05, 4.69) is 51.4 Å². The third-order valence-electron chi connectivity index (χ3n) is 17.2. The molecule has 2 radical (unpaired) electrons. The van der Waals surface area contributed by atoms with Gasteiger partial charge in [-0.1, -0.05) is 142 Å². The molecule has 0 spiro atoms. The second kappa shape index (κ2) is 46.5. The number of nitrogen functional groups attached to an aromatic ring is 2. The quantitative estimate of drug-likeness (QED) is 0.0111. The Morgan fingerprint density at radius 3 is 1.06 bits per heavy atom. The van der Waals surface area contributed by atoms with Crippen molar-refractivity contribution in [2.75, 3.05) is 59.3 Å². The maximum absolute atomic E-state index is 13.4. The third-order valence-corrected chi connectivity index (χ3v) is 24.8. The van der Waals surface area contributed by atoms with E-state index >= 15 is 0 Å². The number of benzene rings is 6. The summed E-state index contributed by atoms with van der Waals surface area (Å²) in [4.78, 5) is 169. The largest absolute Gasteiger partial charge is 0.465 e. The number of halogens is 5. The summed E-state index contributed by atoms with van der Waals surface area (Å²) >= 11 is 28.2. The van der Waals surface area contributed by atoms with Crippen molar-refractivity contribution in [1.29, 1.82) is 0 Å². The van der Waals surface area contributed by atoms with Gasteiger partial charge in [-0.2, -0.15) is 6.92 Å². The summed E-state index contributed by atoms with van der Waals surface area (Å²) in [6.07, 6.45) is 0. The fourth-order valence-electron chi connectivity index (χ4n) is 11.4. The van der Waals surface area contributed by atoms with Crippen molar-refractivity contribution in [3.63, 3.8) is 0 Å². The Labute approximate surface area is 799 Å². The molecule has 0 atom stereocenters. The van der Waals surface area contributed by atoms with E-state index in [4.69, 9.17) is 73.3 Å². The van der Waals surface area contributed by atoms with Crippen LogP contribution in [0, 0.1) is 27.2 Å². The molecule has 4 aliphatic heterocycles. The minimum Gasteiger partial charge on any atom is -0.465 e. The van der Waals surface area contributed by atoms with Gasteiger partial charge in [-0.25, -0.2) is 60.3 Å².